The normalized spacial score (nSPS) is 13.3. The van der Waals surface area contributed by atoms with Crippen LogP contribution >= 0.6 is 0 Å². The Hall–Kier alpha value is -1.06. The Bertz CT molecular complexity index is 205. The Kier molecular flexibility index (Phi) is 3.91. The van der Waals surface area contributed by atoms with Crippen LogP contribution in [0.15, 0.2) is 0 Å². The second-order valence-electron chi connectivity index (χ2n) is 3.96. The van der Waals surface area contributed by atoms with E-state index in [-0.39, 0.29) is 5.91 Å². The van der Waals surface area contributed by atoms with E-state index >= 15 is 0 Å². The lowest BCUT2D eigenvalue weighted by molar-refractivity contribution is -0.158. The number of carbonyl (C=O) groups excluding carboxylic acids is 2. The van der Waals surface area contributed by atoms with Gasteiger partial charge in [-0.15, -0.1) is 0 Å². The number of rotatable bonds is 2. The number of hydrogen-bond acceptors (Lipinski definition) is 3. The van der Waals surface area contributed by atoms with Crippen molar-refractivity contribution < 1.29 is 14.3 Å². The van der Waals surface area contributed by atoms with Crippen molar-refractivity contribution in [3.63, 3.8) is 0 Å². The molecule has 0 aliphatic heterocycles. The van der Waals surface area contributed by atoms with Gasteiger partial charge in [-0.05, 0) is 27.7 Å². The fraction of sp³-hybridized carbons (Fsp3) is 0.778. The predicted octanol–water partition coefficient (Wildman–Crippen LogP) is 0.853. The van der Waals surface area contributed by atoms with Gasteiger partial charge < -0.3 is 10.1 Å². The summed E-state index contributed by atoms with van der Waals surface area (Å²) in [6.45, 7) is 8.30. The summed E-state index contributed by atoms with van der Waals surface area (Å²) in [5.41, 5.74) is -0.510. The van der Waals surface area contributed by atoms with E-state index in [0.29, 0.717) is 0 Å². The molecule has 1 N–H and O–H groups in total. The summed E-state index contributed by atoms with van der Waals surface area (Å²) in [4.78, 5) is 21.9. The van der Waals surface area contributed by atoms with Gasteiger partial charge in [-0.1, -0.05) is 0 Å². The average molecular weight is 187 g/mol. The molecule has 1 amide bonds. The fourth-order valence-electron chi connectivity index (χ4n) is 0.754. The van der Waals surface area contributed by atoms with Gasteiger partial charge in [0.05, 0.1) is 0 Å². The number of hydrogen-bond donors (Lipinski definition) is 1. The topological polar surface area (TPSA) is 55.4 Å². The summed E-state index contributed by atoms with van der Waals surface area (Å²) in [7, 11) is 0. The van der Waals surface area contributed by atoms with E-state index in [1.54, 1.807) is 27.7 Å². The second kappa shape index (κ2) is 4.25. The van der Waals surface area contributed by atoms with E-state index in [9.17, 15) is 9.59 Å². The van der Waals surface area contributed by atoms with Crippen LogP contribution in [0.2, 0.25) is 0 Å². The Balaban J connectivity index is 4.05. The lowest BCUT2D eigenvalue weighted by Crippen LogP contribution is -2.41. The highest BCUT2D eigenvalue weighted by molar-refractivity contribution is 5.82. The van der Waals surface area contributed by atoms with E-state index in [2.05, 4.69) is 5.32 Å². The molecule has 4 nitrogen and oxygen atoms in total. The van der Waals surface area contributed by atoms with Gasteiger partial charge in [-0.2, -0.15) is 0 Å². The summed E-state index contributed by atoms with van der Waals surface area (Å²) in [5.74, 6) is -0.652. The van der Waals surface area contributed by atoms with Crippen LogP contribution in [0, 0.1) is 0 Å². The molecule has 0 aliphatic carbocycles. The van der Waals surface area contributed by atoms with Crippen LogP contribution in [0.25, 0.3) is 0 Å². The fourth-order valence-corrected chi connectivity index (χ4v) is 0.754. The van der Waals surface area contributed by atoms with Gasteiger partial charge >= 0.3 is 5.97 Å². The maximum absolute atomic E-state index is 11.3. The lowest BCUT2D eigenvalue weighted by Gasteiger charge is -2.22. The molecule has 0 bridgehead atoms. The molecule has 13 heavy (non-hydrogen) atoms. The highest BCUT2D eigenvalue weighted by Crippen LogP contribution is 2.07. The highest BCUT2D eigenvalue weighted by Gasteiger charge is 2.21. The molecule has 0 fully saturated rings. The Morgan fingerprint density at radius 1 is 1.31 bits per heavy atom. The summed E-state index contributed by atoms with van der Waals surface area (Å²) in [6, 6.07) is -0.586. The van der Waals surface area contributed by atoms with Gasteiger partial charge in [0.25, 0.3) is 0 Å². The molecule has 0 aromatic rings. The molecule has 0 aromatic heterocycles. The van der Waals surface area contributed by atoms with E-state index in [0.717, 1.165) is 0 Å². The number of carbonyl (C=O) groups is 2. The first kappa shape index (κ1) is 11.9. The van der Waals surface area contributed by atoms with E-state index in [1.807, 2.05) is 0 Å². The molecule has 76 valence electrons. The predicted molar refractivity (Wildman–Crippen MR) is 49.1 cm³/mol. The third-order valence-corrected chi connectivity index (χ3v) is 1.18. The number of nitrogens with one attached hydrogen (secondary N) is 1. The van der Waals surface area contributed by atoms with Crippen LogP contribution in [0.1, 0.15) is 34.6 Å². The Morgan fingerprint density at radius 3 is 2.08 bits per heavy atom. The molecule has 1 atom stereocenters. The van der Waals surface area contributed by atoms with E-state index in [4.69, 9.17) is 4.74 Å². The minimum Gasteiger partial charge on any atom is -0.458 e. The third kappa shape index (κ3) is 6.13. The smallest absolute Gasteiger partial charge is 0.328 e. The SMILES string of the molecule is CC(=O)N[C@@H](C)C(=O)OC(C)(C)C. The summed E-state index contributed by atoms with van der Waals surface area (Å²) in [5, 5.41) is 2.45. The molecular formula is C9H17NO3. The monoisotopic (exact) mass is 187 g/mol. The molecule has 0 saturated carbocycles. The first-order valence-electron chi connectivity index (χ1n) is 4.22. The van der Waals surface area contributed by atoms with Gasteiger partial charge in [0, 0.05) is 6.92 Å². The Labute approximate surface area is 78.6 Å². The van der Waals surface area contributed by atoms with Crippen LogP contribution < -0.4 is 5.32 Å². The molecule has 0 heterocycles. The van der Waals surface area contributed by atoms with E-state index < -0.39 is 17.6 Å². The van der Waals surface area contributed by atoms with Crippen LogP contribution in [-0.2, 0) is 14.3 Å². The van der Waals surface area contributed by atoms with Crippen molar-refractivity contribution in [2.75, 3.05) is 0 Å². The summed E-state index contributed by atoms with van der Waals surface area (Å²) in [6.07, 6.45) is 0. The van der Waals surface area contributed by atoms with Crippen molar-refractivity contribution >= 4 is 11.9 Å². The van der Waals surface area contributed by atoms with Gasteiger partial charge in [0.1, 0.15) is 11.6 Å². The third-order valence-electron chi connectivity index (χ3n) is 1.18. The van der Waals surface area contributed by atoms with Crippen molar-refractivity contribution in [3.8, 4) is 0 Å². The van der Waals surface area contributed by atoms with Gasteiger partial charge in [-0.3, -0.25) is 4.79 Å². The minimum absolute atomic E-state index is 0.238. The maximum Gasteiger partial charge on any atom is 0.328 e. The van der Waals surface area contributed by atoms with Crippen molar-refractivity contribution in [2.24, 2.45) is 0 Å². The quantitative estimate of drug-likeness (QED) is 0.652. The maximum atomic E-state index is 11.3. The van der Waals surface area contributed by atoms with Crippen LogP contribution in [0.3, 0.4) is 0 Å². The van der Waals surface area contributed by atoms with Crippen molar-refractivity contribution in [1.29, 1.82) is 0 Å². The van der Waals surface area contributed by atoms with E-state index in [1.165, 1.54) is 6.92 Å². The zero-order chi connectivity index (χ0) is 10.6. The van der Waals surface area contributed by atoms with Gasteiger partial charge in [0.15, 0.2) is 0 Å². The van der Waals surface area contributed by atoms with Crippen LogP contribution in [0.5, 0.6) is 0 Å². The molecule has 4 heteroatoms. The molecule has 0 unspecified atom stereocenters. The van der Waals surface area contributed by atoms with Crippen molar-refractivity contribution in [3.05, 3.63) is 0 Å². The first-order valence-corrected chi connectivity index (χ1v) is 4.22. The van der Waals surface area contributed by atoms with Crippen LogP contribution in [0.4, 0.5) is 0 Å². The number of ether oxygens (including phenoxy) is 1. The van der Waals surface area contributed by atoms with Gasteiger partial charge in [-0.25, -0.2) is 4.79 Å². The summed E-state index contributed by atoms with van der Waals surface area (Å²) >= 11 is 0. The van der Waals surface area contributed by atoms with Crippen LogP contribution in [-0.4, -0.2) is 23.5 Å². The van der Waals surface area contributed by atoms with Crippen molar-refractivity contribution in [1.82, 2.24) is 5.32 Å². The zero-order valence-electron chi connectivity index (χ0n) is 8.80. The second-order valence-corrected chi connectivity index (χ2v) is 3.96. The summed E-state index contributed by atoms with van der Waals surface area (Å²) < 4.78 is 5.05. The average Bonchev–Trinajstić information content (AvgIpc) is 1.81. The standard InChI is InChI=1S/C9H17NO3/c1-6(10-7(2)11)8(12)13-9(3,4)5/h6H,1-5H3,(H,10,11)/t6-/m0/s1. The lowest BCUT2D eigenvalue weighted by atomic mass is 10.2. The molecular weight excluding hydrogens is 170 g/mol. The minimum atomic E-state index is -0.586. The first-order chi connectivity index (χ1) is 5.72. The molecule has 0 radical (unpaired) electrons. The molecule has 0 saturated heterocycles. The number of amides is 1. The molecule has 0 rings (SSSR count). The molecule has 0 aliphatic rings. The molecule has 0 aromatic carbocycles. The Morgan fingerprint density at radius 2 is 1.77 bits per heavy atom. The van der Waals surface area contributed by atoms with Crippen molar-refractivity contribution in [2.45, 2.75) is 46.3 Å². The zero-order valence-corrected chi connectivity index (χ0v) is 8.80. The highest BCUT2D eigenvalue weighted by atomic mass is 16.6. The largest absolute Gasteiger partial charge is 0.458 e. The van der Waals surface area contributed by atoms with Gasteiger partial charge in [0.2, 0.25) is 5.91 Å². The number of esters is 1. The molecule has 0 spiro atoms.